The van der Waals surface area contributed by atoms with Crippen molar-refractivity contribution in [2.45, 2.75) is 30.5 Å². The van der Waals surface area contributed by atoms with Gasteiger partial charge in [0, 0.05) is 22.2 Å². The fourth-order valence-corrected chi connectivity index (χ4v) is 3.91. The first kappa shape index (κ1) is 13.7. The molecule has 3 aromatic heterocycles. The van der Waals surface area contributed by atoms with E-state index in [9.17, 15) is 0 Å². The average molecular weight is 323 g/mol. The molecule has 0 N–H and O–H groups in total. The van der Waals surface area contributed by atoms with Crippen LogP contribution in [0.2, 0.25) is 5.28 Å². The van der Waals surface area contributed by atoms with Gasteiger partial charge in [-0.15, -0.1) is 11.3 Å². The molecule has 0 aliphatic rings. The minimum Gasteiger partial charge on any atom is -0.231 e. The molecule has 0 bridgehead atoms. The zero-order valence-electron chi connectivity index (χ0n) is 10.9. The number of rotatable bonds is 3. The summed E-state index contributed by atoms with van der Waals surface area (Å²) in [4.78, 5) is 19.4. The molecule has 0 aromatic carbocycles. The smallest absolute Gasteiger partial charge is 0.224 e. The molecule has 0 radical (unpaired) electrons. The van der Waals surface area contributed by atoms with Gasteiger partial charge >= 0.3 is 0 Å². The van der Waals surface area contributed by atoms with Gasteiger partial charge in [-0.05, 0) is 48.8 Å². The third kappa shape index (κ3) is 2.77. The summed E-state index contributed by atoms with van der Waals surface area (Å²) in [6, 6.07) is 3.99. The first-order valence-electron chi connectivity index (χ1n) is 6.09. The Morgan fingerprint density at radius 2 is 2.15 bits per heavy atom. The van der Waals surface area contributed by atoms with Gasteiger partial charge in [0.2, 0.25) is 5.28 Å². The molecule has 4 nitrogen and oxygen atoms in total. The molecule has 0 spiro atoms. The lowest BCUT2D eigenvalue weighted by atomic mass is 10.3. The molecular weight excluding hydrogens is 312 g/mol. The first-order valence-corrected chi connectivity index (χ1v) is 8.10. The summed E-state index contributed by atoms with van der Waals surface area (Å²) in [6.07, 6.45) is 2.72. The van der Waals surface area contributed by atoms with Crippen molar-refractivity contribution in [1.82, 2.24) is 19.9 Å². The summed E-state index contributed by atoms with van der Waals surface area (Å²) < 4.78 is 0. The van der Waals surface area contributed by atoms with E-state index in [4.69, 9.17) is 11.6 Å². The van der Waals surface area contributed by atoms with Crippen molar-refractivity contribution in [2.75, 3.05) is 0 Å². The van der Waals surface area contributed by atoms with Gasteiger partial charge in [0.05, 0.1) is 0 Å². The number of halogens is 1. The van der Waals surface area contributed by atoms with E-state index < -0.39 is 0 Å². The second kappa shape index (κ2) is 5.63. The molecule has 0 unspecified atom stereocenters. The maximum atomic E-state index is 6.00. The molecule has 0 amide bonds. The Hall–Kier alpha value is -1.24. The SMILES string of the molecule is CCc1cc2c(Sc3nccc(C)n3)nc(Cl)nc2s1. The summed E-state index contributed by atoms with van der Waals surface area (Å²) in [6.45, 7) is 4.06. The highest BCUT2D eigenvalue weighted by Gasteiger charge is 2.13. The molecule has 0 atom stereocenters. The highest BCUT2D eigenvalue weighted by molar-refractivity contribution is 7.99. The largest absolute Gasteiger partial charge is 0.231 e. The lowest BCUT2D eigenvalue weighted by molar-refractivity contribution is 0.928. The fraction of sp³-hybridized carbons (Fsp3) is 0.231. The number of hydrogen-bond donors (Lipinski definition) is 0. The molecule has 0 saturated heterocycles. The van der Waals surface area contributed by atoms with E-state index >= 15 is 0 Å². The molecule has 3 rings (SSSR count). The van der Waals surface area contributed by atoms with Crippen molar-refractivity contribution in [2.24, 2.45) is 0 Å². The molecule has 0 aliphatic carbocycles. The van der Waals surface area contributed by atoms with Crippen molar-refractivity contribution < 1.29 is 0 Å². The van der Waals surface area contributed by atoms with E-state index in [1.165, 1.54) is 16.6 Å². The average Bonchev–Trinajstić information content (AvgIpc) is 2.82. The second-order valence-electron chi connectivity index (χ2n) is 4.17. The first-order chi connectivity index (χ1) is 9.65. The Balaban J connectivity index is 2.08. The normalized spacial score (nSPS) is 11.2. The molecule has 0 fully saturated rings. The highest BCUT2D eigenvalue weighted by Crippen LogP contribution is 2.34. The van der Waals surface area contributed by atoms with Gasteiger partial charge in [0.1, 0.15) is 9.86 Å². The Morgan fingerprint density at radius 1 is 1.30 bits per heavy atom. The molecule has 7 heteroatoms. The number of thiophene rings is 1. The van der Waals surface area contributed by atoms with Crippen molar-refractivity contribution in [1.29, 1.82) is 0 Å². The Morgan fingerprint density at radius 3 is 2.90 bits per heavy atom. The van der Waals surface area contributed by atoms with Crippen LogP contribution < -0.4 is 0 Å². The van der Waals surface area contributed by atoms with Gasteiger partial charge in [-0.1, -0.05) is 6.92 Å². The van der Waals surface area contributed by atoms with Gasteiger partial charge in [-0.2, -0.15) is 0 Å². The standard InChI is InChI=1S/C13H11ClN4S2/c1-3-8-6-9-10(19-8)17-12(14)18-11(9)20-13-15-5-4-7(2)16-13/h4-6H,3H2,1-2H3. The van der Waals surface area contributed by atoms with Crippen LogP contribution in [0.4, 0.5) is 0 Å². The maximum Gasteiger partial charge on any atom is 0.224 e. The highest BCUT2D eigenvalue weighted by atomic mass is 35.5. The Labute approximate surface area is 129 Å². The quantitative estimate of drug-likeness (QED) is 0.535. The van der Waals surface area contributed by atoms with Crippen LogP contribution in [0.3, 0.4) is 0 Å². The Bertz CT molecular complexity index is 772. The number of nitrogens with zero attached hydrogens (tertiary/aromatic N) is 4. The summed E-state index contributed by atoms with van der Waals surface area (Å²) in [5, 5.41) is 2.76. The lowest BCUT2D eigenvalue weighted by Crippen LogP contribution is -1.91. The summed E-state index contributed by atoms with van der Waals surface area (Å²) in [5.41, 5.74) is 0.929. The molecule has 0 saturated carbocycles. The maximum absolute atomic E-state index is 6.00. The predicted octanol–water partition coefficient (Wildman–Crippen LogP) is 4.16. The van der Waals surface area contributed by atoms with Crippen molar-refractivity contribution in [3.05, 3.63) is 34.2 Å². The van der Waals surface area contributed by atoms with Crippen LogP contribution in [-0.2, 0) is 6.42 Å². The predicted molar refractivity (Wildman–Crippen MR) is 82.7 cm³/mol. The zero-order chi connectivity index (χ0) is 14.1. The van der Waals surface area contributed by atoms with E-state index in [0.717, 1.165) is 27.4 Å². The van der Waals surface area contributed by atoms with E-state index in [1.54, 1.807) is 17.5 Å². The molecule has 102 valence electrons. The minimum absolute atomic E-state index is 0.261. The number of fused-ring (bicyclic) bond motifs is 1. The van der Waals surface area contributed by atoms with E-state index in [1.807, 2.05) is 13.0 Å². The number of aromatic nitrogens is 4. The van der Waals surface area contributed by atoms with Crippen LogP contribution >= 0.6 is 34.7 Å². The van der Waals surface area contributed by atoms with E-state index in [-0.39, 0.29) is 5.28 Å². The topological polar surface area (TPSA) is 51.6 Å². The van der Waals surface area contributed by atoms with Gasteiger partial charge in [0.15, 0.2) is 5.16 Å². The van der Waals surface area contributed by atoms with Crippen LogP contribution in [0.15, 0.2) is 28.5 Å². The number of aryl methyl sites for hydroxylation is 2. The monoisotopic (exact) mass is 322 g/mol. The van der Waals surface area contributed by atoms with Crippen molar-refractivity contribution >= 4 is 44.9 Å². The molecular formula is C13H11ClN4S2. The lowest BCUT2D eigenvalue weighted by Gasteiger charge is -2.02. The van der Waals surface area contributed by atoms with Gasteiger partial charge < -0.3 is 0 Å². The van der Waals surface area contributed by atoms with Crippen LogP contribution in [0.5, 0.6) is 0 Å². The van der Waals surface area contributed by atoms with E-state index in [0.29, 0.717) is 5.16 Å². The minimum atomic E-state index is 0.261. The zero-order valence-corrected chi connectivity index (χ0v) is 13.3. The molecule has 3 heterocycles. The number of hydrogen-bond acceptors (Lipinski definition) is 6. The Kier molecular flexibility index (Phi) is 3.87. The molecule has 3 aromatic rings. The van der Waals surface area contributed by atoms with Crippen molar-refractivity contribution in [3.63, 3.8) is 0 Å². The van der Waals surface area contributed by atoms with Crippen LogP contribution in [0.1, 0.15) is 17.5 Å². The van der Waals surface area contributed by atoms with Crippen LogP contribution in [0.25, 0.3) is 10.2 Å². The summed E-state index contributed by atoms with van der Waals surface area (Å²) >= 11 is 9.07. The van der Waals surface area contributed by atoms with E-state index in [2.05, 4.69) is 32.9 Å². The molecule has 20 heavy (non-hydrogen) atoms. The summed E-state index contributed by atoms with van der Waals surface area (Å²) in [5.74, 6) is 0. The van der Waals surface area contributed by atoms with Crippen molar-refractivity contribution in [3.8, 4) is 0 Å². The second-order valence-corrected chi connectivity index (χ2v) is 6.57. The van der Waals surface area contributed by atoms with Gasteiger partial charge in [0.25, 0.3) is 0 Å². The molecule has 0 aliphatic heterocycles. The fourth-order valence-electron chi connectivity index (χ4n) is 1.73. The third-order valence-corrected chi connectivity index (χ3v) is 4.92. The van der Waals surface area contributed by atoms with Gasteiger partial charge in [-0.3, -0.25) is 0 Å². The van der Waals surface area contributed by atoms with Gasteiger partial charge in [-0.25, -0.2) is 19.9 Å². The van der Waals surface area contributed by atoms with Crippen LogP contribution in [0, 0.1) is 6.92 Å². The summed E-state index contributed by atoms with van der Waals surface area (Å²) in [7, 11) is 0. The van der Waals surface area contributed by atoms with Crippen LogP contribution in [-0.4, -0.2) is 19.9 Å². The third-order valence-electron chi connectivity index (χ3n) is 2.69.